The lowest BCUT2D eigenvalue weighted by Gasteiger charge is -2.32. The molecule has 2 saturated heterocycles. The third-order valence-electron chi connectivity index (χ3n) is 7.44. The minimum absolute atomic E-state index is 0.0497. The van der Waals surface area contributed by atoms with Crippen molar-refractivity contribution in [2.45, 2.75) is 32.9 Å². The lowest BCUT2D eigenvalue weighted by Crippen LogP contribution is -2.42. The van der Waals surface area contributed by atoms with E-state index in [-0.39, 0.29) is 17.6 Å². The lowest BCUT2D eigenvalue weighted by atomic mass is 9.96. The van der Waals surface area contributed by atoms with Crippen LogP contribution < -0.4 is 5.32 Å². The molecule has 0 unspecified atom stereocenters. The molecule has 3 aromatic rings. The van der Waals surface area contributed by atoms with Gasteiger partial charge >= 0.3 is 5.97 Å². The second-order valence-corrected chi connectivity index (χ2v) is 10.1. The average molecular weight is 520 g/mol. The van der Waals surface area contributed by atoms with Gasteiger partial charge in [0.05, 0.1) is 36.6 Å². The molecule has 9 heteroatoms. The first kappa shape index (κ1) is 25.4. The van der Waals surface area contributed by atoms with E-state index in [1.54, 1.807) is 12.1 Å². The smallest absolute Gasteiger partial charge is 0.335 e. The summed E-state index contributed by atoms with van der Waals surface area (Å²) in [5.41, 5.74) is 6.38. The molecule has 2 N–H and O–H groups in total. The zero-order chi connectivity index (χ0) is 26.1. The highest BCUT2D eigenvalue weighted by molar-refractivity contribution is 7.80. The normalized spacial score (nSPS) is 20.3. The number of thiocarbonyl (C=S) groups is 1. The van der Waals surface area contributed by atoms with E-state index in [1.165, 1.54) is 0 Å². The van der Waals surface area contributed by atoms with Gasteiger partial charge in [0.25, 0.3) is 0 Å². The third kappa shape index (κ3) is 4.99. The lowest BCUT2D eigenvalue weighted by molar-refractivity contribution is 0.0350. The number of rotatable bonds is 7. The Morgan fingerprint density at radius 1 is 1.14 bits per heavy atom. The van der Waals surface area contributed by atoms with Gasteiger partial charge in [-0.15, -0.1) is 0 Å². The number of pyridine rings is 1. The van der Waals surface area contributed by atoms with Crippen LogP contribution in [-0.2, 0) is 4.74 Å². The monoisotopic (exact) mass is 519 g/mol. The van der Waals surface area contributed by atoms with Crippen molar-refractivity contribution in [3.05, 3.63) is 82.4 Å². The van der Waals surface area contributed by atoms with Gasteiger partial charge in [0.15, 0.2) is 5.11 Å². The number of aryl methyl sites for hydroxylation is 2. The number of carbonyl (C=O) groups is 1. The van der Waals surface area contributed by atoms with Crippen LogP contribution in [-0.4, -0.2) is 74.9 Å². The van der Waals surface area contributed by atoms with Crippen molar-refractivity contribution in [3.8, 4) is 5.69 Å². The number of hydrogen-bond donors (Lipinski definition) is 2. The molecule has 4 heterocycles. The van der Waals surface area contributed by atoms with Gasteiger partial charge in [-0.2, -0.15) is 0 Å². The van der Waals surface area contributed by atoms with Crippen LogP contribution in [0.2, 0.25) is 0 Å². The SMILES string of the molecule is Cc1ccc(C(=O)O)cc1-n1c(C)cc([C@@H]2[C@H](c3ccccn3)NC(=S)N2CCN2CCOCC2)c1C. The Balaban J connectivity index is 1.56. The zero-order valence-electron chi connectivity index (χ0n) is 21.5. The molecule has 0 amide bonds. The Kier molecular flexibility index (Phi) is 7.28. The van der Waals surface area contributed by atoms with Crippen molar-refractivity contribution < 1.29 is 14.6 Å². The zero-order valence-corrected chi connectivity index (χ0v) is 22.3. The third-order valence-corrected chi connectivity index (χ3v) is 7.80. The maximum absolute atomic E-state index is 11.7. The molecular formula is C28H33N5O3S. The van der Waals surface area contributed by atoms with Crippen LogP contribution in [0.25, 0.3) is 5.69 Å². The summed E-state index contributed by atoms with van der Waals surface area (Å²) in [7, 11) is 0. The van der Waals surface area contributed by atoms with Crippen LogP contribution in [0.3, 0.4) is 0 Å². The Morgan fingerprint density at radius 2 is 1.92 bits per heavy atom. The van der Waals surface area contributed by atoms with Gasteiger partial charge in [-0.3, -0.25) is 9.88 Å². The minimum atomic E-state index is -0.932. The van der Waals surface area contributed by atoms with Crippen LogP contribution in [0.1, 0.15) is 50.7 Å². The van der Waals surface area contributed by atoms with E-state index >= 15 is 0 Å². The summed E-state index contributed by atoms with van der Waals surface area (Å²) in [6, 6.07) is 13.3. The minimum Gasteiger partial charge on any atom is -0.478 e. The van der Waals surface area contributed by atoms with E-state index in [4.69, 9.17) is 17.0 Å². The highest BCUT2D eigenvalue weighted by atomic mass is 32.1. The molecule has 0 radical (unpaired) electrons. The molecule has 0 aliphatic carbocycles. The predicted octanol–water partition coefficient (Wildman–Crippen LogP) is 3.80. The van der Waals surface area contributed by atoms with Crippen LogP contribution in [0, 0.1) is 20.8 Å². The molecule has 5 rings (SSSR count). The molecule has 2 aromatic heterocycles. The van der Waals surface area contributed by atoms with Crippen LogP contribution >= 0.6 is 12.2 Å². The quantitative estimate of drug-likeness (QED) is 0.456. The summed E-state index contributed by atoms with van der Waals surface area (Å²) >= 11 is 5.88. The van der Waals surface area contributed by atoms with Gasteiger partial charge in [-0.1, -0.05) is 12.1 Å². The number of nitrogens with one attached hydrogen (secondary N) is 1. The number of carboxylic acid groups (broad SMARTS) is 1. The number of aromatic nitrogens is 2. The first-order chi connectivity index (χ1) is 17.8. The van der Waals surface area contributed by atoms with Crippen molar-refractivity contribution in [1.82, 2.24) is 24.7 Å². The van der Waals surface area contributed by atoms with Gasteiger partial charge in [-0.25, -0.2) is 4.79 Å². The van der Waals surface area contributed by atoms with Crippen molar-refractivity contribution in [2.24, 2.45) is 0 Å². The summed E-state index contributed by atoms with van der Waals surface area (Å²) in [6.07, 6.45) is 1.82. The number of hydrogen-bond acceptors (Lipinski definition) is 5. The number of morpholine rings is 1. The first-order valence-electron chi connectivity index (χ1n) is 12.7. The summed E-state index contributed by atoms with van der Waals surface area (Å²) in [4.78, 5) is 21.1. The summed E-state index contributed by atoms with van der Waals surface area (Å²) in [6.45, 7) is 11.2. The second kappa shape index (κ2) is 10.6. The van der Waals surface area contributed by atoms with E-state index < -0.39 is 5.97 Å². The summed E-state index contributed by atoms with van der Waals surface area (Å²) < 4.78 is 7.68. The van der Waals surface area contributed by atoms with Crippen molar-refractivity contribution in [3.63, 3.8) is 0 Å². The fourth-order valence-corrected chi connectivity index (χ4v) is 5.83. The second-order valence-electron chi connectivity index (χ2n) is 9.74. The van der Waals surface area contributed by atoms with E-state index in [2.05, 4.69) is 44.6 Å². The molecule has 8 nitrogen and oxygen atoms in total. The Morgan fingerprint density at radius 3 is 2.62 bits per heavy atom. The van der Waals surface area contributed by atoms with E-state index in [0.29, 0.717) is 0 Å². The van der Waals surface area contributed by atoms with Gasteiger partial charge in [-0.05, 0) is 74.4 Å². The highest BCUT2D eigenvalue weighted by Gasteiger charge is 2.41. The number of ether oxygens (including phenoxy) is 1. The molecule has 0 saturated carbocycles. The molecule has 2 aliphatic rings. The summed E-state index contributed by atoms with van der Waals surface area (Å²) in [5.74, 6) is -0.932. The highest BCUT2D eigenvalue weighted by Crippen LogP contribution is 2.41. The van der Waals surface area contributed by atoms with Gasteiger partial charge in [0.2, 0.25) is 0 Å². The summed E-state index contributed by atoms with van der Waals surface area (Å²) in [5, 5.41) is 13.9. The number of benzene rings is 1. The number of carboxylic acids is 1. The molecule has 194 valence electrons. The molecule has 2 aliphatic heterocycles. The van der Waals surface area contributed by atoms with Crippen molar-refractivity contribution in [1.29, 1.82) is 0 Å². The molecule has 0 bridgehead atoms. The van der Waals surface area contributed by atoms with Crippen LogP contribution in [0.5, 0.6) is 0 Å². The van der Waals surface area contributed by atoms with Gasteiger partial charge in [0, 0.05) is 49.5 Å². The molecule has 2 atom stereocenters. The first-order valence-corrected chi connectivity index (χ1v) is 13.1. The molecule has 0 spiro atoms. The number of nitrogens with zero attached hydrogens (tertiary/aromatic N) is 4. The molecule has 1 aromatic carbocycles. The van der Waals surface area contributed by atoms with Crippen LogP contribution in [0.15, 0.2) is 48.7 Å². The maximum Gasteiger partial charge on any atom is 0.335 e. The van der Waals surface area contributed by atoms with Gasteiger partial charge in [0.1, 0.15) is 0 Å². The Labute approximate surface area is 222 Å². The Bertz CT molecular complexity index is 1300. The van der Waals surface area contributed by atoms with Crippen LogP contribution in [0.4, 0.5) is 0 Å². The Hall–Kier alpha value is -3.27. The van der Waals surface area contributed by atoms with Crippen molar-refractivity contribution >= 4 is 23.3 Å². The molecule has 2 fully saturated rings. The molecular weight excluding hydrogens is 486 g/mol. The van der Waals surface area contributed by atoms with Crippen molar-refractivity contribution in [2.75, 3.05) is 39.4 Å². The fourth-order valence-electron chi connectivity index (χ4n) is 5.50. The standard InChI is InChI=1S/C28H33N5O3S/c1-18-7-8-21(27(34)35)17-24(18)33-19(2)16-22(20(33)3)26-25(23-6-4-5-9-29-23)30-28(37)32(26)11-10-31-12-14-36-15-13-31/h4-9,16-17,25-26H,10-15H2,1-3H3,(H,30,37)(H,34,35)/t25-,26+/m0/s1. The maximum atomic E-state index is 11.7. The van der Waals surface area contributed by atoms with E-state index in [1.807, 2.05) is 37.4 Å². The van der Waals surface area contributed by atoms with Gasteiger partial charge < -0.3 is 24.6 Å². The topological polar surface area (TPSA) is 82.9 Å². The predicted molar refractivity (Wildman–Crippen MR) is 146 cm³/mol. The fraction of sp³-hybridized carbons (Fsp3) is 0.393. The largest absolute Gasteiger partial charge is 0.478 e. The van der Waals surface area contributed by atoms with E-state index in [9.17, 15) is 9.90 Å². The van der Waals surface area contributed by atoms with E-state index in [0.717, 1.165) is 78.4 Å². The number of aromatic carboxylic acids is 1. The molecule has 37 heavy (non-hydrogen) atoms. The average Bonchev–Trinajstić information content (AvgIpc) is 3.38.